The summed E-state index contributed by atoms with van der Waals surface area (Å²) in [7, 11) is 0. The average molecular weight is 155 g/mol. The topological polar surface area (TPSA) is 24.7 Å². The molecule has 1 aromatic rings. The molecule has 0 N–H and O–H groups in total. The van der Waals surface area contributed by atoms with Crippen molar-refractivity contribution in [2.75, 3.05) is 0 Å². The lowest BCUT2D eigenvalue weighted by Gasteiger charge is -1.93. The molecular formula is C7H7ClN2. The molecule has 2 nitrogen and oxygen atoms in total. The molecule has 1 rings (SSSR count). The summed E-state index contributed by atoms with van der Waals surface area (Å²) in [5, 5.41) is 3.70. The number of rotatable bonds is 1. The van der Waals surface area contributed by atoms with Gasteiger partial charge in [-0.05, 0) is 18.6 Å². The maximum absolute atomic E-state index is 5.07. The Morgan fingerprint density at radius 1 is 1.30 bits per heavy atom. The van der Waals surface area contributed by atoms with Crippen molar-refractivity contribution in [3.05, 3.63) is 29.8 Å². The van der Waals surface area contributed by atoms with Gasteiger partial charge in [0.15, 0.2) is 0 Å². The maximum atomic E-state index is 5.07. The molecule has 0 amide bonds. The van der Waals surface area contributed by atoms with Crippen LogP contribution in [0, 0.1) is 6.92 Å². The smallest absolute Gasteiger partial charge is 0.0897 e. The highest BCUT2D eigenvalue weighted by molar-refractivity contribution is 6.14. The van der Waals surface area contributed by atoms with E-state index in [1.807, 2.05) is 31.2 Å². The fraction of sp³-hybridized carbons (Fsp3) is 0.143. The first-order chi connectivity index (χ1) is 4.84. The fourth-order valence-corrected chi connectivity index (χ4v) is 0.798. The normalized spacial score (nSPS) is 10.6. The summed E-state index contributed by atoms with van der Waals surface area (Å²) >= 11 is 5.07. The Hall–Kier alpha value is -0.890. The summed E-state index contributed by atoms with van der Waals surface area (Å²) in [4.78, 5) is 0. The second-order valence-corrected chi connectivity index (χ2v) is 2.11. The molecule has 0 aliphatic carbocycles. The first-order valence-electron chi connectivity index (χ1n) is 2.92. The largest absolute Gasteiger partial charge is 0.138 e. The zero-order valence-corrected chi connectivity index (χ0v) is 6.34. The van der Waals surface area contributed by atoms with E-state index < -0.39 is 0 Å². The van der Waals surface area contributed by atoms with Gasteiger partial charge in [0.05, 0.1) is 17.5 Å². The molecule has 0 saturated carbocycles. The minimum absolute atomic E-state index is 0.817. The standard InChI is InChI=1S/C7H7ClN2/c1-6-4-2-3-5-7(6)9-10-8/h2-5H,1H3/b10-9+. The molecule has 0 radical (unpaired) electrons. The van der Waals surface area contributed by atoms with Crippen molar-refractivity contribution in [1.29, 1.82) is 0 Å². The number of nitrogens with zero attached hydrogens (tertiary/aromatic N) is 2. The molecule has 10 heavy (non-hydrogen) atoms. The Labute approximate surface area is 64.7 Å². The van der Waals surface area contributed by atoms with Gasteiger partial charge in [-0.2, -0.15) is 0 Å². The van der Waals surface area contributed by atoms with Gasteiger partial charge in [0.25, 0.3) is 0 Å². The van der Waals surface area contributed by atoms with Gasteiger partial charge in [-0.1, -0.05) is 22.8 Å². The summed E-state index contributed by atoms with van der Waals surface area (Å²) in [6.45, 7) is 1.96. The molecule has 52 valence electrons. The Bertz CT molecular complexity index is 245. The van der Waals surface area contributed by atoms with E-state index in [2.05, 4.69) is 9.75 Å². The van der Waals surface area contributed by atoms with Gasteiger partial charge in [-0.15, -0.1) is 5.11 Å². The predicted molar refractivity (Wildman–Crippen MR) is 41.5 cm³/mol. The van der Waals surface area contributed by atoms with E-state index >= 15 is 0 Å². The monoisotopic (exact) mass is 154 g/mol. The van der Waals surface area contributed by atoms with Gasteiger partial charge in [-0.3, -0.25) is 0 Å². The highest BCUT2D eigenvalue weighted by Crippen LogP contribution is 2.17. The number of aryl methyl sites for hydroxylation is 1. The van der Waals surface area contributed by atoms with Gasteiger partial charge in [0.2, 0.25) is 0 Å². The van der Waals surface area contributed by atoms with Crippen LogP contribution in [0.5, 0.6) is 0 Å². The molecule has 0 aliphatic rings. The second kappa shape index (κ2) is 3.32. The molecule has 0 spiro atoms. The van der Waals surface area contributed by atoms with Gasteiger partial charge < -0.3 is 0 Å². The van der Waals surface area contributed by atoms with Crippen LogP contribution < -0.4 is 0 Å². The second-order valence-electron chi connectivity index (χ2n) is 1.96. The van der Waals surface area contributed by atoms with Gasteiger partial charge in [-0.25, -0.2) is 0 Å². The molecule has 3 heteroatoms. The molecule has 0 bridgehead atoms. The Morgan fingerprint density at radius 3 is 2.60 bits per heavy atom. The van der Waals surface area contributed by atoms with Crippen molar-refractivity contribution in [2.45, 2.75) is 6.92 Å². The summed E-state index contributed by atoms with van der Waals surface area (Å²) < 4.78 is 3.16. The first kappa shape index (κ1) is 7.22. The van der Waals surface area contributed by atoms with E-state index in [1.54, 1.807) is 0 Å². The van der Waals surface area contributed by atoms with Gasteiger partial charge in [0, 0.05) is 0 Å². The van der Waals surface area contributed by atoms with Crippen LogP contribution in [-0.2, 0) is 0 Å². The average Bonchev–Trinajstić information content (AvgIpc) is 1.94. The molecule has 0 unspecified atom stereocenters. The predicted octanol–water partition coefficient (Wildman–Crippen LogP) is 3.23. The van der Waals surface area contributed by atoms with E-state index in [0.29, 0.717) is 0 Å². The SMILES string of the molecule is Cc1ccccc1/N=N/Cl. The van der Waals surface area contributed by atoms with E-state index in [1.165, 1.54) is 0 Å². The molecule has 1 aromatic carbocycles. The van der Waals surface area contributed by atoms with Gasteiger partial charge >= 0.3 is 0 Å². The first-order valence-corrected chi connectivity index (χ1v) is 3.26. The minimum atomic E-state index is 0.817. The Balaban J connectivity index is 3.03. The molecule has 0 atom stereocenters. The summed E-state index contributed by atoms with van der Waals surface area (Å²) in [6.07, 6.45) is 0. The highest BCUT2D eigenvalue weighted by atomic mass is 35.5. The lowest BCUT2D eigenvalue weighted by molar-refractivity contribution is 1.28. The van der Waals surface area contributed by atoms with Crippen molar-refractivity contribution >= 4 is 17.5 Å². The fourth-order valence-electron chi connectivity index (χ4n) is 0.716. The van der Waals surface area contributed by atoms with Crippen LogP contribution in [0.1, 0.15) is 5.56 Å². The quantitative estimate of drug-likeness (QED) is 0.555. The van der Waals surface area contributed by atoms with Crippen LogP contribution in [0.3, 0.4) is 0 Å². The zero-order chi connectivity index (χ0) is 7.40. The number of benzene rings is 1. The lowest BCUT2D eigenvalue weighted by Crippen LogP contribution is -1.69. The highest BCUT2D eigenvalue weighted by Gasteiger charge is 1.90. The number of hydrogen-bond donors (Lipinski definition) is 0. The van der Waals surface area contributed by atoms with Crippen molar-refractivity contribution in [1.82, 2.24) is 0 Å². The minimum Gasteiger partial charge on any atom is -0.138 e. The van der Waals surface area contributed by atoms with E-state index in [4.69, 9.17) is 11.8 Å². The van der Waals surface area contributed by atoms with E-state index in [9.17, 15) is 0 Å². The molecular weight excluding hydrogens is 148 g/mol. The van der Waals surface area contributed by atoms with Crippen LogP contribution in [0.25, 0.3) is 0 Å². The van der Waals surface area contributed by atoms with Crippen molar-refractivity contribution < 1.29 is 0 Å². The maximum Gasteiger partial charge on any atom is 0.0897 e. The summed E-state index contributed by atoms with van der Waals surface area (Å²) in [5.74, 6) is 0. The van der Waals surface area contributed by atoms with Crippen LogP contribution in [0.2, 0.25) is 0 Å². The molecule has 0 heterocycles. The lowest BCUT2D eigenvalue weighted by atomic mass is 10.2. The number of hydrogen-bond acceptors (Lipinski definition) is 2. The molecule has 0 aromatic heterocycles. The van der Waals surface area contributed by atoms with Gasteiger partial charge in [0.1, 0.15) is 0 Å². The third-order valence-electron chi connectivity index (χ3n) is 1.26. The Kier molecular flexibility index (Phi) is 2.40. The van der Waals surface area contributed by atoms with Crippen LogP contribution in [-0.4, -0.2) is 0 Å². The van der Waals surface area contributed by atoms with Crippen molar-refractivity contribution in [2.24, 2.45) is 9.75 Å². The molecule has 0 aliphatic heterocycles. The van der Waals surface area contributed by atoms with Crippen LogP contribution in [0.4, 0.5) is 5.69 Å². The third-order valence-corrected chi connectivity index (χ3v) is 1.34. The summed E-state index contributed by atoms with van der Waals surface area (Å²) in [6, 6.07) is 7.67. The van der Waals surface area contributed by atoms with Crippen LogP contribution >= 0.6 is 11.8 Å². The Morgan fingerprint density at radius 2 is 2.00 bits per heavy atom. The van der Waals surface area contributed by atoms with Crippen molar-refractivity contribution in [3.8, 4) is 0 Å². The number of halogens is 1. The van der Waals surface area contributed by atoms with Crippen LogP contribution in [0.15, 0.2) is 34.0 Å². The van der Waals surface area contributed by atoms with E-state index in [0.717, 1.165) is 11.3 Å². The molecule has 0 saturated heterocycles. The zero-order valence-electron chi connectivity index (χ0n) is 5.58. The van der Waals surface area contributed by atoms with Crippen molar-refractivity contribution in [3.63, 3.8) is 0 Å². The van der Waals surface area contributed by atoms with E-state index in [-0.39, 0.29) is 0 Å². The third kappa shape index (κ3) is 1.54. The molecule has 0 fully saturated rings. The summed E-state index contributed by atoms with van der Waals surface area (Å²) in [5.41, 5.74) is 1.89.